The third kappa shape index (κ3) is 4.23. The van der Waals surface area contributed by atoms with E-state index in [-0.39, 0.29) is 13.0 Å². The number of aliphatic hydroxyl groups excluding tert-OH is 2. The predicted molar refractivity (Wildman–Crippen MR) is 90.7 cm³/mol. The molecule has 0 aliphatic carbocycles. The van der Waals surface area contributed by atoms with Crippen LogP contribution in [0.25, 0.3) is 5.57 Å². The third-order valence-electron chi connectivity index (χ3n) is 4.38. The predicted octanol–water partition coefficient (Wildman–Crippen LogP) is 1.16. The van der Waals surface area contributed by atoms with E-state index in [9.17, 15) is 14.7 Å². The fourth-order valence-corrected chi connectivity index (χ4v) is 2.90. The Morgan fingerprint density at radius 2 is 2.17 bits per heavy atom. The minimum absolute atomic E-state index is 0.180. The molecule has 2 rings (SSSR count). The minimum Gasteiger partial charge on any atom is -0.394 e. The maximum atomic E-state index is 12.1. The fraction of sp³-hybridized carbons (Fsp3) is 0.647. The van der Waals surface area contributed by atoms with E-state index < -0.39 is 29.7 Å². The van der Waals surface area contributed by atoms with Crippen LogP contribution in [-0.4, -0.2) is 38.6 Å². The number of unbranched alkanes of at least 4 members (excludes halogenated alkanes) is 3. The molecule has 7 heteroatoms. The molecule has 1 saturated heterocycles. The van der Waals surface area contributed by atoms with Gasteiger partial charge in [0.15, 0.2) is 0 Å². The Labute approximate surface area is 140 Å². The van der Waals surface area contributed by atoms with Crippen LogP contribution in [0.2, 0.25) is 0 Å². The largest absolute Gasteiger partial charge is 0.394 e. The molecule has 0 bridgehead atoms. The molecule has 0 amide bonds. The zero-order valence-corrected chi connectivity index (χ0v) is 14.0. The number of ether oxygens (including phenoxy) is 1. The van der Waals surface area contributed by atoms with Gasteiger partial charge in [0.1, 0.15) is 12.3 Å². The maximum absolute atomic E-state index is 12.1. The van der Waals surface area contributed by atoms with Crippen LogP contribution in [0.15, 0.2) is 22.4 Å². The van der Waals surface area contributed by atoms with E-state index >= 15 is 0 Å². The van der Waals surface area contributed by atoms with Crippen LogP contribution < -0.4 is 11.2 Å². The summed E-state index contributed by atoms with van der Waals surface area (Å²) in [5, 5.41) is 19.0. The van der Waals surface area contributed by atoms with Gasteiger partial charge in [-0.25, -0.2) is 4.79 Å². The number of aromatic nitrogens is 2. The molecule has 134 valence electrons. The van der Waals surface area contributed by atoms with Crippen molar-refractivity contribution in [3.8, 4) is 0 Å². The van der Waals surface area contributed by atoms with Gasteiger partial charge >= 0.3 is 5.69 Å². The van der Waals surface area contributed by atoms with Crippen molar-refractivity contribution in [2.75, 3.05) is 6.61 Å². The summed E-state index contributed by atoms with van der Waals surface area (Å²) < 4.78 is 6.75. The van der Waals surface area contributed by atoms with Crippen molar-refractivity contribution in [1.29, 1.82) is 0 Å². The Morgan fingerprint density at radius 3 is 2.79 bits per heavy atom. The van der Waals surface area contributed by atoms with E-state index in [1.54, 1.807) is 0 Å². The molecule has 0 spiro atoms. The second kappa shape index (κ2) is 8.41. The molecule has 1 fully saturated rings. The molecule has 24 heavy (non-hydrogen) atoms. The van der Waals surface area contributed by atoms with E-state index in [2.05, 4.69) is 18.5 Å². The van der Waals surface area contributed by atoms with Gasteiger partial charge < -0.3 is 14.9 Å². The van der Waals surface area contributed by atoms with Gasteiger partial charge in [0, 0.05) is 12.6 Å². The highest BCUT2D eigenvalue weighted by Crippen LogP contribution is 2.27. The lowest BCUT2D eigenvalue weighted by atomic mass is 10.0. The average molecular weight is 338 g/mol. The van der Waals surface area contributed by atoms with Crippen molar-refractivity contribution in [3.05, 3.63) is 39.2 Å². The average Bonchev–Trinajstić information content (AvgIpc) is 2.92. The van der Waals surface area contributed by atoms with Crippen LogP contribution in [0.1, 0.15) is 57.2 Å². The smallest absolute Gasteiger partial charge is 0.330 e. The van der Waals surface area contributed by atoms with Crippen LogP contribution in [0.3, 0.4) is 0 Å². The lowest BCUT2D eigenvalue weighted by Gasteiger charge is -2.16. The van der Waals surface area contributed by atoms with Crippen LogP contribution in [0.5, 0.6) is 0 Å². The number of nitrogens with zero attached hydrogens (tertiary/aromatic N) is 1. The Kier molecular flexibility index (Phi) is 6.53. The molecule has 1 aromatic heterocycles. The van der Waals surface area contributed by atoms with Crippen molar-refractivity contribution in [1.82, 2.24) is 9.55 Å². The van der Waals surface area contributed by atoms with Crippen molar-refractivity contribution >= 4 is 5.57 Å². The van der Waals surface area contributed by atoms with Gasteiger partial charge in [-0.3, -0.25) is 14.3 Å². The topological polar surface area (TPSA) is 105 Å². The highest BCUT2D eigenvalue weighted by Gasteiger charge is 2.35. The minimum atomic E-state index is -0.848. The standard InChI is InChI=1S/C17H26N2O5/c1-3-4-5-6-7-11(2)12-9-19(17(23)18-16(12)22)15-8-13(21)14(10-20)24-15/h9,13-15,20-21H,2-8,10H2,1H3,(H,18,22,23)/t13-,14+,15+/m0/s1. The van der Waals surface area contributed by atoms with E-state index in [4.69, 9.17) is 9.84 Å². The third-order valence-corrected chi connectivity index (χ3v) is 4.38. The van der Waals surface area contributed by atoms with Gasteiger partial charge in [-0.2, -0.15) is 0 Å². The van der Waals surface area contributed by atoms with Gasteiger partial charge in [-0.05, 0) is 18.4 Å². The highest BCUT2D eigenvalue weighted by molar-refractivity contribution is 5.61. The molecule has 3 N–H and O–H groups in total. The number of H-pyrrole nitrogens is 1. The van der Waals surface area contributed by atoms with Gasteiger partial charge in [0.25, 0.3) is 5.56 Å². The molecular weight excluding hydrogens is 312 g/mol. The molecule has 7 nitrogen and oxygen atoms in total. The Morgan fingerprint density at radius 1 is 1.42 bits per heavy atom. The van der Waals surface area contributed by atoms with Crippen LogP contribution in [0.4, 0.5) is 0 Å². The summed E-state index contributed by atoms with van der Waals surface area (Å²) in [6.07, 6.45) is 4.31. The summed E-state index contributed by atoms with van der Waals surface area (Å²) >= 11 is 0. The highest BCUT2D eigenvalue weighted by atomic mass is 16.5. The first-order valence-electron chi connectivity index (χ1n) is 8.46. The normalized spacial score (nSPS) is 23.5. The second-order valence-electron chi connectivity index (χ2n) is 6.24. The number of rotatable bonds is 8. The molecule has 1 aliphatic rings. The molecule has 0 unspecified atom stereocenters. The van der Waals surface area contributed by atoms with Gasteiger partial charge in [-0.1, -0.05) is 32.8 Å². The number of hydrogen-bond donors (Lipinski definition) is 3. The summed E-state index contributed by atoms with van der Waals surface area (Å²) in [6.45, 7) is 5.76. The SMILES string of the molecule is C=C(CCCCCC)c1cn([C@H]2C[C@H](O)[C@@H](CO)O2)c(=O)[nH]c1=O. The first-order valence-corrected chi connectivity index (χ1v) is 8.46. The summed E-state index contributed by atoms with van der Waals surface area (Å²) in [7, 11) is 0. The summed E-state index contributed by atoms with van der Waals surface area (Å²) in [6, 6.07) is 0. The summed E-state index contributed by atoms with van der Waals surface area (Å²) in [5.41, 5.74) is -0.0256. The van der Waals surface area contributed by atoms with Crippen LogP contribution in [0, 0.1) is 0 Å². The van der Waals surface area contributed by atoms with Crippen LogP contribution in [-0.2, 0) is 4.74 Å². The number of aromatic amines is 1. The molecule has 0 saturated carbocycles. The Balaban J connectivity index is 2.18. The van der Waals surface area contributed by atoms with Gasteiger partial charge in [-0.15, -0.1) is 0 Å². The second-order valence-corrected chi connectivity index (χ2v) is 6.24. The van der Waals surface area contributed by atoms with E-state index in [1.165, 1.54) is 10.8 Å². The first kappa shape index (κ1) is 18.6. The lowest BCUT2D eigenvalue weighted by molar-refractivity contribution is -0.0459. The molecular formula is C17H26N2O5. The molecule has 0 aromatic carbocycles. The van der Waals surface area contributed by atoms with Crippen molar-refractivity contribution in [3.63, 3.8) is 0 Å². The number of nitrogens with one attached hydrogen (secondary N) is 1. The number of allylic oxidation sites excluding steroid dienone is 1. The maximum Gasteiger partial charge on any atom is 0.330 e. The van der Waals surface area contributed by atoms with E-state index in [1.807, 2.05) is 0 Å². The van der Waals surface area contributed by atoms with Crippen LogP contribution >= 0.6 is 0 Å². The summed E-state index contributed by atoms with van der Waals surface area (Å²) in [4.78, 5) is 26.4. The summed E-state index contributed by atoms with van der Waals surface area (Å²) in [5.74, 6) is 0. The molecule has 1 aliphatic heterocycles. The Bertz CT molecular complexity index is 678. The monoisotopic (exact) mass is 338 g/mol. The number of aliphatic hydroxyl groups is 2. The number of hydrogen-bond acceptors (Lipinski definition) is 5. The molecule has 2 heterocycles. The van der Waals surface area contributed by atoms with Crippen molar-refractivity contribution in [2.24, 2.45) is 0 Å². The van der Waals surface area contributed by atoms with Crippen molar-refractivity contribution < 1.29 is 14.9 Å². The lowest BCUT2D eigenvalue weighted by Crippen LogP contribution is -2.34. The first-order chi connectivity index (χ1) is 11.5. The molecule has 3 atom stereocenters. The Hall–Kier alpha value is -1.70. The van der Waals surface area contributed by atoms with Crippen molar-refractivity contribution in [2.45, 2.75) is 63.9 Å². The fourth-order valence-electron chi connectivity index (χ4n) is 2.90. The van der Waals surface area contributed by atoms with Gasteiger partial charge in [0.2, 0.25) is 0 Å². The van der Waals surface area contributed by atoms with E-state index in [0.29, 0.717) is 17.6 Å². The molecule has 1 aromatic rings. The quantitative estimate of drug-likeness (QED) is 0.617. The zero-order valence-electron chi connectivity index (χ0n) is 14.0. The zero-order chi connectivity index (χ0) is 17.7. The van der Waals surface area contributed by atoms with E-state index in [0.717, 1.165) is 25.7 Å². The molecule has 0 radical (unpaired) electrons. The van der Waals surface area contributed by atoms with Gasteiger partial charge in [0.05, 0.1) is 18.3 Å².